The molecular weight excluding hydrogens is 233 g/mol. The summed E-state index contributed by atoms with van der Waals surface area (Å²) < 4.78 is 13.5. The van der Waals surface area contributed by atoms with E-state index in [0.29, 0.717) is 5.92 Å². The lowest BCUT2D eigenvalue weighted by atomic mass is 9.87. The number of nitrogens with one attached hydrogen (secondary N) is 1. The third-order valence-corrected chi connectivity index (χ3v) is 3.57. The lowest BCUT2D eigenvalue weighted by Crippen LogP contribution is -2.37. The molecule has 2 N–H and O–H groups in total. The number of hydrogen-bond donors (Lipinski definition) is 2. The number of hydrogen-bond acceptors (Lipinski definition) is 2. The first kappa shape index (κ1) is 12.9. The quantitative estimate of drug-likeness (QED) is 0.849. The number of carbonyl (C=O) groups excluding carboxylic acids is 1. The Kier molecular flexibility index (Phi) is 3.84. The fraction of sp³-hybridized carbons (Fsp3) is 0.500. The molecule has 2 rings (SSSR count). The Balaban J connectivity index is 2.04. The zero-order valence-electron chi connectivity index (χ0n) is 10.4. The van der Waals surface area contributed by atoms with E-state index in [2.05, 4.69) is 12.2 Å². The van der Waals surface area contributed by atoms with Crippen molar-refractivity contribution in [1.29, 1.82) is 0 Å². The number of halogens is 1. The first-order chi connectivity index (χ1) is 8.58. The Hall–Kier alpha value is -1.58. The summed E-state index contributed by atoms with van der Waals surface area (Å²) in [5.41, 5.74) is -0.254. The summed E-state index contributed by atoms with van der Waals surface area (Å²) in [6.45, 7) is 2.20. The molecule has 1 aromatic rings. The van der Waals surface area contributed by atoms with Gasteiger partial charge in [0.2, 0.25) is 0 Å². The van der Waals surface area contributed by atoms with Gasteiger partial charge >= 0.3 is 0 Å². The van der Waals surface area contributed by atoms with E-state index in [1.807, 2.05) is 0 Å². The van der Waals surface area contributed by atoms with Crippen molar-refractivity contribution in [2.75, 3.05) is 0 Å². The van der Waals surface area contributed by atoms with E-state index in [-0.39, 0.29) is 17.4 Å². The Bertz CT molecular complexity index is 419. The highest BCUT2D eigenvalue weighted by atomic mass is 19.1. The van der Waals surface area contributed by atoms with Gasteiger partial charge in [-0.05, 0) is 43.7 Å². The van der Waals surface area contributed by atoms with Gasteiger partial charge in [-0.15, -0.1) is 0 Å². The zero-order valence-corrected chi connectivity index (χ0v) is 10.4. The van der Waals surface area contributed by atoms with Crippen LogP contribution in [0.4, 0.5) is 4.39 Å². The van der Waals surface area contributed by atoms with Crippen LogP contribution in [0.15, 0.2) is 18.2 Å². The highest BCUT2D eigenvalue weighted by molar-refractivity contribution is 5.97. The third kappa shape index (κ3) is 2.81. The van der Waals surface area contributed by atoms with Crippen molar-refractivity contribution >= 4 is 5.91 Å². The van der Waals surface area contributed by atoms with Gasteiger partial charge in [-0.3, -0.25) is 4.79 Å². The average Bonchev–Trinajstić information content (AvgIpc) is 2.32. The molecule has 1 saturated carbocycles. The summed E-state index contributed by atoms with van der Waals surface area (Å²) in [5.74, 6) is -0.821. The van der Waals surface area contributed by atoms with Crippen LogP contribution in [0.1, 0.15) is 43.0 Å². The van der Waals surface area contributed by atoms with E-state index >= 15 is 0 Å². The van der Waals surface area contributed by atoms with Crippen LogP contribution < -0.4 is 5.32 Å². The molecule has 0 bridgehead atoms. The molecule has 0 aliphatic heterocycles. The molecule has 18 heavy (non-hydrogen) atoms. The van der Waals surface area contributed by atoms with Gasteiger partial charge < -0.3 is 10.4 Å². The molecule has 1 aliphatic rings. The minimum atomic E-state index is -0.684. The minimum Gasteiger partial charge on any atom is -0.507 e. The molecular formula is C14H18FNO2. The number of phenols is 1. The number of amides is 1. The topological polar surface area (TPSA) is 49.3 Å². The number of phenolic OH excluding ortho intramolecular Hbond substituents is 1. The summed E-state index contributed by atoms with van der Waals surface area (Å²) in [4.78, 5) is 11.9. The Morgan fingerprint density at radius 1 is 1.33 bits per heavy atom. The van der Waals surface area contributed by atoms with Crippen LogP contribution in [-0.4, -0.2) is 17.1 Å². The van der Waals surface area contributed by atoms with Gasteiger partial charge in [0.05, 0.1) is 0 Å². The summed E-state index contributed by atoms with van der Waals surface area (Å²) in [7, 11) is 0. The summed E-state index contributed by atoms with van der Waals surface area (Å²) in [6.07, 6.45) is 3.99. The maximum absolute atomic E-state index is 13.5. The molecule has 1 aliphatic carbocycles. The monoisotopic (exact) mass is 251 g/mol. The molecule has 1 fully saturated rings. The molecule has 1 aromatic carbocycles. The van der Waals surface area contributed by atoms with Crippen molar-refractivity contribution < 1.29 is 14.3 Å². The molecule has 0 aromatic heterocycles. The molecule has 4 heteroatoms. The van der Waals surface area contributed by atoms with E-state index in [9.17, 15) is 14.3 Å². The second kappa shape index (κ2) is 5.38. The average molecular weight is 251 g/mol. The van der Waals surface area contributed by atoms with Crippen LogP contribution in [0.3, 0.4) is 0 Å². The zero-order chi connectivity index (χ0) is 13.1. The SMILES string of the molecule is CC1CCC(NC(=O)c2c(O)cccc2F)CC1. The smallest absolute Gasteiger partial charge is 0.258 e. The van der Waals surface area contributed by atoms with Gasteiger partial charge in [-0.2, -0.15) is 0 Å². The van der Waals surface area contributed by atoms with Crippen molar-refractivity contribution in [2.24, 2.45) is 5.92 Å². The van der Waals surface area contributed by atoms with E-state index in [4.69, 9.17) is 0 Å². The number of benzene rings is 1. The largest absolute Gasteiger partial charge is 0.507 e. The van der Waals surface area contributed by atoms with Gasteiger partial charge in [-0.25, -0.2) is 4.39 Å². The predicted molar refractivity (Wildman–Crippen MR) is 67.0 cm³/mol. The van der Waals surface area contributed by atoms with E-state index < -0.39 is 11.7 Å². The molecule has 0 atom stereocenters. The maximum atomic E-state index is 13.5. The standard InChI is InChI=1S/C14H18FNO2/c1-9-5-7-10(8-6-9)16-14(18)13-11(15)3-2-4-12(13)17/h2-4,9-10,17H,5-8H2,1H3,(H,16,18). The molecule has 0 radical (unpaired) electrons. The predicted octanol–water partition coefficient (Wildman–Crippen LogP) is 2.84. The van der Waals surface area contributed by atoms with Gasteiger partial charge in [0, 0.05) is 6.04 Å². The fourth-order valence-corrected chi connectivity index (χ4v) is 2.40. The molecule has 3 nitrogen and oxygen atoms in total. The third-order valence-electron chi connectivity index (χ3n) is 3.57. The lowest BCUT2D eigenvalue weighted by Gasteiger charge is -2.27. The van der Waals surface area contributed by atoms with Crippen LogP contribution in [0.2, 0.25) is 0 Å². The van der Waals surface area contributed by atoms with Crippen molar-refractivity contribution in [3.8, 4) is 5.75 Å². The second-order valence-corrected chi connectivity index (χ2v) is 5.06. The number of carbonyl (C=O) groups is 1. The van der Waals surface area contributed by atoms with Crippen molar-refractivity contribution in [2.45, 2.75) is 38.6 Å². The van der Waals surface area contributed by atoms with Crippen LogP contribution in [0, 0.1) is 11.7 Å². The molecule has 0 saturated heterocycles. The molecule has 98 valence electrons. The molecule has 1 amide bonds. The Labute approximate surface area is 106 Å². The van der Waals surface area contributed by atoms with Crippen molar-refractivity contribution in [1.82, 2.24) is 5.32 Å². The van der Waals surface area contributed by atoms with E-state index in [1.165, 1.54) is 18.2 Å². The number of rotatable bonds is 2. The minimum absolute atomic E-state index is 0.0905. The highest BCUT2D eigenvalue weighted by Crippen LogP contribution is 2.25. The van der Waals surface area contributed by atoms with E-state index in [1.54, 1.807) is 0 Å². The first-order valence-electron chi connectivity index (χ1n) is 6.36. The summed E-state index contributed by atoms with van der Waals surface area (Å²) in [6, 6.07) is 3.97. The number of aromatic hydroxyl groups is 1. The van der Waals surface area contributed by atoms with Crippen LogP contribution in [0.5, 0.6) is 5.75 Å². The van der Waals surface area contributed by atoms with Gasteiger partial charge in [0.1, 0.15) is 17.1 Å². The van der Waals surface area contributed by atoms with E-state index in [0.717, 1.165) is 25.7 Å². The maximum Gasteiger partial charge on any atom is 0.258 e. The van der Waals surface area contributed by atoms with Crippen LogP contribution in [0.25, 0.3) is 0 Å². The lowest BCUT2D eigenvalue weighted by molar-refractivity contribution is 0.0916. The highest BCUT2D eigenvalue weighted by Gasteiger charge is 2.23. The fourth-order valence-electron chi connectivity index (χ4n) is 2.40. The van der Waals surface area contributed by atoms with Gasteiger partial charge in [-0.1, -0.05) is 13.0 Å². The Morgan fingerprint density at radius 3 is 2.61 bits per heavy atom. The van der Waals surface area contributed by atoms with Crippen molar-refractivity contribution in [3.05, 3.63) is 29.6 Å². The molecule has 0 heterocycles. The van der Waals surface area contributed by atoms with Gasteiger partial charge in [0.15, 0.2) is 0 Å². The summed E-state index contributed by atoms with van der Waals surface area (Å²) >= 11 is 0. The molecule has 0 spiro atoms. The molecule has 0 unspecified atom stereocenters. The van der Waals surface area contributed by atoms with Crippen molar-refractivity contribution in [3.63, 3.8) is 0 Å². The van der Waals surface area contributed by atoms with Crippen LogP contribution >= 0.6 is 0 Å². The summed E-state index contributed by atoms with van der Waals surface area (Å²) in [5, 5.41) is 12.3. The normalized spacial score (nSPS) is 23.7. The Morgan fingerprint density at radius 2 is 2.00 bits per heavy atom. The van der Waals surface area contributed by atoms with Crippen LogP contribution in [-0.2, 0) is 0 Å². The second-order valence-electron chi connectivity index (χ2n) is 5.06. The van der Waals surface area contributed by atoms with Gasteiger partial charge in [0.25, 0.3) is 5.91 Å². The first-order valence-corrected chi connectivity index (χ1v) is 6.36.